The number of hydrogen-bond acceptors (Lipinski definition) is 1. The number of nitrogens with one attached hydrogen (secondary N) is 1. The number of benzene rings is 1. The fourth-order valence-corrected chi connectivity index (χ4v) is 2.28. The molecule has 0 saturated heterocycles. The Kier molecular flexibility index (Phi) is 3.47. The van der Waals surface area contributed by atoms with E-state index in [-0.39, 0.29) is 0 Å². The molecule has 0 aromatic heterocycles. The van der Waals surface area contributed by atoms with Crippen LogP contribution >= 0.6 is 15.9 Å². The first-order valence-electron chi connectivity index (χ1n) is 5.65. The number of halogens is 1. The first kappa shape index (κ1) is 11.2. The van der Waals surface area contributed by atoms with Crippen molar-refractivity contribution in [1.29, 1.82) is 0 Å². The summed E-state index contributed by atoms with van der Waals surface area (Å²) in [4.78, 5) is 0. The van der Waals surface area contributed by atoms with Gasteiger partial charge in [0.15, 0.2) is 0 Å². The SMILES string of the molecule is CC(CNC1CC1C)c1cccc(Br)c1. The Morgan fingerprint density at radius 3 is 2.87 bits per heavy atom. The highest BCUT2D eigenvalue weighted by Crippen LogP contribution is 2.29. The van der Waals surface area contributed by atoms with E-state index in [9.17, 15) is 0 Å². The summed E-state index contributed by atoms with van der Waals surface area (Å²) in [5.41, 5.74) is 1.41. The molecular formula is C13H18BrN. The molecule has 1 N–H and O–H groups in total. The lowest BCUT2D eigenvalue weighted by Gasteiger charge is -2.13. The Labute approximate surface area is 100 Å². The molecule has 1 aromatic rings. The third-order valence-electron chi connectivity index (χ3n) is 3.21. The Hall–Kier alpha value is -0.340. The van der Waals surface area contributed by atoms with Crippen LogP contribution in [0.4, 0.5) is 0 Å². The van der Waals surface area contributed by atoms with E-state index in [1.807, 2.05) is 0 Å². The molecule has 1 nitrogen and oxygen atoms in total. The van der Waals surface area contributed by atoms with Crippen LogP contribution in [0.3, 0.4) is 0 Å². The standard InChI is InChI=1S/C13H18BrN/c1-9-6-13(9)15-8-10(2)11-4-3-5-12(14)7-11/h3-5,7,9-10,13,15H,6,8H2,1-2H3. The summed E-state index contributed by atoms with van der Waals surface area (Å²) in [6, 6.07) is 9.37. The largest absolute Gasteiger partial charge is 0.313 e. The predicted octanol–water partition coefficient (Wildman–Crippen LogP) is 3.55. The van der Waals surface area contributed by atoms with E-state index in [1.54, 1.807) is 0 Å². The van der Waals surface area contributed by atoms with Crippen molar-refractivity contribution < 1.29 is 0 Å². The highest BCUT2D eigenvalue weighted by atomic mass is 79.9. The van der Waals surface area contributed by atoms with E-state index in [0.717, 1.165) is 18.5 Å². The molecule has 15 heavy (non-hydrogen) atoms. The molecule has 0 spiro atoms. The van der Waals surface area contributed by atoms with Gasteiger partial charge in [-0.25, -0.2) is 0 Å². The van der Waals surface area contributed by atoms with Gasteiger partial charge in [0, 0.05) is 17.1 Å². The smallest absolute Gasteiger partial charge is 0.0178 e. The summed E-state index contributed by atoms with van der Waals surface area (Å²) in [5, 5.41) is 3.61. The molecule has 0 aliphatic heterocycles. The lowest BCUT2D eigenvalue weighted by atomic mass is 10.0. The highest BCUT2D eigenvalue weighted by Gasteiger charge is 2.31. The molecule has 0 bridgehead atoms. The fourth-order valence-electron chi connectivity index (χ4n) is 1.87. The maximum atomic E-state index is 3.61. The summed E-state index contributed by atoms with van der Waals surface area (Å²) in [7, 11) is 0. The second-order valence-corrected chi connectivity index (χ2v) is 5.60. The van der Waals surface area contributed by atoms with Crippen LogP contribution in [0, 0.1) is 5.92 Å². The van der Waals surface area contributed by atoms with Crippen LogP contribution in [0.1, 0.15) is 31.7 Å². The second-order valence-electron chi connectivity index (χ2n) is 4.68. The maximum Gasteiger partial charge on any atom is 0.0178 e. The molecule has 0 heterocycles. The van der Waals surface area contributed by atoms with Crippen molar-refractivity contribution in [2.75, 3.05) is 6.54 Å². The molecule has 0 amide bonds. The molecule has 3 unspecified atom stereocenters. The van der Waals surface area contributed by atoms with E-state index in [0.29, 0.717) is 5.92 Å². The van der Waals surface area contributed by atoms with Gasteiger partial charge in [0.1, 0.15) is 0 Å². The van der Waals surface area contributed by atoms with Crippen molar-refractivity contribution in [3.8, 4) is 0 Å². The summed E-state index contributed by atoms with van der Waals surface area (Å²) in [5.74, 6) is 1.48. The number of rotatable bonds is 4. The van der Waals surface area contributed by atoms with Crippen molar-refractivity contribution >= 4 is 15.9 Å². The minimum atomic E-state index is 0.593. The third kappa shape index (κ3) is 3.05. The lowest BCUT2D eigenvalue weighted by Crippen LogP contribution is -2.23. The van der Waals surface area contributed by atoms with Gasteiger partial charge >= 0.3 is 0 Å². The molecule has 1 aromatic carbocycles. The topological polar surface area (TPSA) is 12.0 Å². The van der Waals surface area contributed by atoms with Gasteiger partial charge in [-0.05, 0) is 36.0 Å². The Morgan fingerprint density at radius 2 is 2.27 bits per heavy atom. The quantitative estimate of drug-likeness (QED) is 0.880. The van der Waals surface area contributed by atoms with Crippen LogP contribution in [-0.2, 0) is 0 Å². The minimum Gasteiger partial charge on any atom is -0.313 e. The molecule has 1 saturated carbocycles. The second kappa shape index (κ2) is 4.67. The summed E-state index contributed by atoms with van der Waals surface area (Å²) < 4.78 is 1.17. The molecule has 2 rings (SSSR count). The van der Waals surface area contributed by atoms with Gasteiger partial charge in [0.25, 0.3) is 0 Å². The maximum absolute atomic E-state index is 3.61. The van der Waals surface area contributed by atoms with Gasteiger partial charge in [-0.15, -0.1) is 0 Å². The molecule has 2 heteroatoms. The van der Waals surface area contributed by atoms with Crippen LogP contribution in [0.5, 0.6) is 0 Å². The van der Waals surface area contributed by atoms with Crippen LogP contribution in [0.15, 0.2) is 28.7 Å². The average molecular weight is 268 g/mol. The average Bonchev–Trinajstić information content (AvgIpc) is 2.91. The highest BCUT2D eigenvalue weighted by molar-refractivity contribution is 9.10. The predicted molar refractivity (Wildman–Crippen MR) is 68.1 cm³/mol. The van der Waals surface area contributed by atoms with Crippen LogP contribution in [0.2, 0.25) is 0 Å². The Balaban J connectivity index is 1.87. The van der Waals surface area contributed by atoms with Crippen molar-refractivity contribution in [3.05, 3.63) is 34.3 Å². The molecule has 1 fully saturated rings. The van der Waals surface area contributed by atoms with Crippen molar-refractivity contribution in [2.45, 2.75) is 32.2 Å². The van der Waals surface area contributed by atoms with Gasteiger partial charge in [0.05, 0.1) is 0 Å². The summed E-state index contributed by atoms with van der Waals surface area (Å²) in [6.45, 7) is 5.68. The van der Waals surface area contributed by atoms with E-state index >= 15 is 0 Å². The first-order valence-corrected chi connectivity index (χ1v) is 6.45. The zero-order valence-corrected chi connectivity index (χ0v) is 10.9. The minimum absolute atomic E-state index is 0.593. The van der Waals surface area contributed by atoms with E-state index in [1.165, 1.54) is 16.5 Å². The summed E-state index contributed by atoms with van der Waals surface area (Å²) in [6.07, 6.45) is 1.35. The molecular weight excluding hydrogens is 250 g/mol. The van der Waals surface area contributed by atoms with Crippen LogP contribution < -0.4 is 5.32 Å². The van der Waals surface area contributed by atoms with Crippen molar-refractivity contribution in [2.24, 2.45) is 5.92 Å². The first-order chi connectivity index (χ1) is 7.16. The van der Waals surface area contributed by atoms with Crippen LogP contribution in [-0.4, -0.2) is 12.6 Å². The fraction of sp³-hybridized carbons (Fsp3) is 0.538. The third-order valence-corrected chi connectivity index (χ3v) is 3.71. The molecule has 1 aliphatic carbocycles. The normalized spacial score (nSPS) is 26.3. The van der Waals surface area contributed by atoms with Crippen molar-refractivity contribution in [1.82, 2.24) is 5.32 Å². The zero-order chi connectivity index (χ0) is 10.8. The van der Waals surface area contributed by atoms with Gasteiger partial charge < -0.3 is 5.32 Å². The van der Waals surface area contributed by atoms with Gasteiger partial charge in [-0.3, -0.25) is 0 Å². The van der Waals surface area contributed by atoms with Gasteiger partial charge in [0.2, 0.25) is 0 Å². The molecule has 82 valence electrons. The molecule has 1 aliphatic rings. The molecule has 3 atom stereocenters. The lowest BCUT2D eigenvalue weighted by molar-refractivity contribution is 0.593. The zero-order valence-electron chi connectivity index (χ0n) is 9.33. The van der Waals surface area contributed by atoms with Gasteiger partial charge in [-0.2, -0.15) is 0 Å². The Bertz CT molecular complexity index is 337. The monoisotopic (exact) mass is 267 g/mol. The van der Waals surface area contributed by atoms with E-state index in [2.05, 4.69) is 59.4 Å². The summed E-state index contributed by atoms with van der Waals surface area (Å²) >= 11 is 3.51. The van der Waals surface area contributed by atoms with Crippen LogP contribution in [0.25, 0.3) is 0 Å². The Morgan fingerprint density at radius 1 is 1.53 bits per heavy atom. The van der Waals surface area contributed by atoms with Gasteiger partial charge in [-0.1, -0.05) is 41.9 Å². The van der Waals surface area contributed by atoms with Crippen molar-refractivity contribution in [3.63, 3.8) is 0 Å². The van der Waals surface area contributed by atoms with E-state index in [4.69, 9.17) is 0 Å². The molecule has 0 radical (unpaired) electrons. The number of hydrogen-bond donors (Lipinski definition) is 1. The van der Waals surface area contributed by atoms with E-state index < -0.39 is 0 Å².